The summed E-state index contributed by atoms with van der Waals surface area (Å²) in [6, 6.07) is 12.1. The summed E-state index contributed by atoms with van der Waals surface area (Å²) in [7, 11) is 1.62. The third-order valence-corrected chi connectivity index (χ3v) is 4.77. The number of carbonyl (C=O) groups excluding carboxylic acids is 2. The molecule has 31 heavy (non-hydrogen) atoms. The molecule has 7 nitrogen and oxygen atoms in total. The molecule has 0 saturated heterocycles. The first-order valence-electron chi connectivity index (χ1n) is 9.86. The summed E-state index contributed by atoms with van der Waals surface area (Å²) >= 11 is 8.65. The quantitative estimate of drug-likeness (QED) is 0.331. The van der Waals surface area contributed by atoms with Crippen molar-refractivity contribution in [1.82, 2.24) is 10.6 Å². The Hall–Kier alpha value is -2.49. The Labute approximate surface area is 196 Å². The second-order valence-corrected chi connectivity index (χ2v) is 7.90. The van der Waals surface area contributed by atoms with E-state index in [0.717, 1.165) is 17.3 Å². The number of hydrogen-bond acceptors (Lipinski definition) is 5. The summed E-state index contributed by atoms with van der Waals surface area (Å²) in [6.07, 6.45) is 1.56. The zero-order valence-electron chi connectivity index (χ0n) is 17.5. The highest BCUT2D eigenvalue weighted by Gasteiger charge is 2.15. The van der Waals surface area contributed by atoms with E-state index in [1.54, 1.807) is 43.5 Å². The molecule has 2 amide bonds. The number of benzene rings is 2. The van der Waals surface area contributed by atoms with Gasteiger partial charge in [0.1, 0.15) is 5.75 Å². The first-order chi connectivity index (χ1) is 14.9. The lowest BCUT2D eigenvalue weighted by atomic mass is 10.2. The predicted octanol–water partition coefficient (Wildman–Crippen LogP) is 4.13. The number of amides is 2. The fourth-order valence-electron chi connectivity index (χ4n) is 2.61. The molecule has 0 spiro atoms. The molecule has 0 atom stereocenters. The lowest BCUT2D eigenvalue weighted by Gasteiger charge is -2.14. The standard InChI is InChI=1S/C22H26BrN3O4S/c1-3-11-30-19-9-8-16(23)14-18(19)21(28)26-22(31)25-17-7-4-6-15(13-17)20(27)24-10-5-12-29-2/h4,6-9,13-14H,3,5,10-12H2,1-2H3,(H,24,27)(H2,25,26,28,31). The van der Waals surface area contributed by atoms with Gasteiger partial charge >= 0.3 is 0 Å². The van der Waals surface area contributed by atoms with Crippen LogP contribution in [0.15, 0.2) is 46.9 Å². The minimum Gasteiger partial charge on any atom is -0.493 e. The molecular formula is C22H26BrN3O4S. The Bertz CT molecular complexity index is 923. The molecule has 0 radical (unpaired) electrons. The van der Waals surface area contributed by atoms with Gasteiger partial charge in [0.2, 0.25) is 0 Å². The molecule has 0 aromatic heterocycles. The third kappa shape index (κ3) is 8.28. The van der Waals surface area contributed by atoms with Crippen molar-refractivity contribution < 1.29 is 19.1 Å². The maximum Gasteiger partial charge on any atom is 0.261 e. The van der Waals surface area contributed by atoms with Gasteiger partial charge < -0.3 is 20.1 Å². The molecule has 0 fully saturated rings. The van der Waals surface area contributed by atoms with Crippen LogP contribution < -0.4 is 20.7 Å². The van der Waals surface area contributed by atoms with Gasteiger partial charge in [0, 0.05) is 36.0 Å². The van der Waals surface area contributed by atoms with Crippen molar-refractivity contribution in [3.63, 3.8) is 0 Å². The number of nitrogens with one attached hydrogen (secondary N) is 3. The Morgan fingerprint density at radius 2 is 1.90 bits per heavy atom. The van der Waals surface area contributed by atoms with Crippen molar-refractivity contribution in [3.05, 3.63) is 58.1 Å². The van der Waals surface area contributed by atoms with Gasteiger partial charge in [0.05, 0.1) is 12.2 Å². The lowest BCUT2D eigenvalue weighted by Crippen LogP contribution is -2.34. The molecule has 0 heterocycles. The smallest absolute Gasteiger partial charge is 0.261 e. The van der Waals surface area contributed by atoms with Crippen LogP contribution in [-0.4, -0.2) is 43.8 Å². The van der Waals surface area contributed by atoms with Crippen LogP contribution in [0.3, 0.4) is 0 Å². The highest BCUT2D eigenvalue weighted by Crippen LogP contribution is 2.23. The number of hydrogen-bond donors (Lipinski definition) is 3. The summed E-state index contributed by atoms with van der Waals surface area (Å²) < 4.78 is 11.4. The predicted molar refractivity (Wildman–Crippen MR) is 129 cm³/mol. The van der Waals surface area contributed by atoms with Gasteiger partial charge in [-0.1, -0.05) is 28.9 Å². The Balaban J connectivity index is 1.99. The number of rotatable bonds is 10. The molecule has 0 bridgehead atoms. The minimum absolute atomic E-state index is 0.115. The summed E-state index contributed by atoms with van der Waals surface area (Å²) in [6.45, 7) is 3.60. The molecule has 0 saturated carbocycles. The molecule has 166 valence electrons. The Kier molecular flexibility index (Phi) is 10.4. The molecule has 2 aromatic carbocycles. The monoisotopic (exact) mass is 507 g/mol. The SMILES string of the molecule is CCCOc1ccc(Br)cc1C(=O)NC(=S)Nc1cccc(C(=O)NCCCOC)c1. The van der Waals surface area contributed by atoms with Gasteiger partial charge in [0.15, 0.2) is 5.11 Å². The van der Waals surface area contributed by atoms with Crippen molar-refractivity contribution in [1.29, 1.82) is 0 Å². The van der Waals surface area contributed by atoms with E-state index in [4.69, 9.17) is 21.7 Å². The first-order valence-corrected chi connectivity index (χ1v) is 11.1. The highest BCUT2D eigenvalue weighted by atomic mass is 79.9. The maximum absolute atomic E-state index is 12.7. The fourth-order valence-corrected chi connectivity index (χ4v) is 3.18. The van der Waals surface area contributed by atoms with Crippen molar-refractivity contribution in [3.8, 4) is 5.75 Å². The van der Waals surface area contributed by atoms with Crippen LogP contribution in [0.5, 0.6) is 5.75 Å². The van der Waals surface area contributed by atoms with Crippen LogP contribution in [0.4, 0.5) is 5.69 Å². The number of ether oxygens (including phenoxy) is 2. The van der Waals surface area contributed by atoms with E-state index in [1.807, 2.05) is 13.0 Å². The number of carbonyl (C=O) groups is 2. The molecule has 0 aliphatic rings. The second-order valence-electron chi connectivity index (χ2n) is 6.58. The van der Waals surface area contributed by atoms with Crippen LogP contribution in [0.1, 0.15) is 40.5 Å². The molecule has 0 unspecified atom stereocenters. The van der Waals surface area contributed by atoms with Crippen molar-refractivity contribution in [2.75, 3.05) is 32.2 Å². The fraction of sp³-hybridized carbons (Fsp3) is 0.318. The summed E-state index contributed by atoms with van der Waals surface area (Å²) in [4.78, 5) is 25.0. The number of thiocarbonyl (C=S) groups is 1. The van der Waals surface area contributed by atoms with Gasteiger partial charge in [-0.15, -0.1) is 0 Å². The third-order valence-electron chi connectivity index (χ3n) is 4.07. The van der Waals surface area contributed by atoms with E-state index in [1.165, 1.54) is 0 Å². The number of methoxy groups -OCH3 is 1. The average Bonchev–Trinajstić information content (AvgIpc) is 2.75. The van der Waals surface area contributed by atoms with Gasteiger partial charge in [-0.2, -0.15) is 0 Å². The number of halogens is 1. The first kappa shape index (κ1) is 24.8. The summed E-state index contributed by atoms with van der Waals surface area (Å²) in [5.41, 5.74) is 1.45. The van der Waals surface area contributed by atoms with Gasteiger partial charge in [-0.05, 0) is 61.5 Å². The average molecular weight is 508 g/mol. The minimum atomic E-state index is -0.392. The number of anilines is 1. The summed E-state index contributed by atoms with van der Waals surface area (Å²) in [5.74, 6) is -0.101. The van der Waals surface area contributed by atoms with E-state index in [2.05, 4.69) is 31.9 Å². The topological polar surface area (TPSA) is 88.7 Å². The Morgan fingerprint density at radius 1 is 1.10 bits per heavy atom. The van der Waals surface area contributed by atoms with Crippen molar-refractivity contribution in [2.24, 2.45) is 0 Å². The molecule has 3 N–H and O–H groups in total. The largest absolute Gasteiger partial charge is 0.493 e. The maximum atomic E-state index is 12.7. The second kappa shape index (κ2) is 13.0. The van der Waals surface area contributed by atoms with Crippen LogP contribution in [0.25, 0.3) is 0 Å². The molecule has 0 aliphatic heterocycles. The van der Waals surface area contributed by atoms with E-state index < -0.39 is 5.91 Å². The van der Waals surface area contributed by atoms with Gasteiger partial charge in [-0.3, -0.25) is 14.9 Å². The Morgan fingerprint density at radius 3 is 2.65 bits per heavy atom. The van der Waals surface area contributed by atoms with Gasteiger partial charge in [-0.25, -0.2) is 0 Å². The van der Waals surface area contributed by atoms with Crippen molar-refractivity contribution in [2.45, 2.75) is 19.8 Å². The lowest BCUT2D eigenvalue weighted by molar-refractivity contribution is 0.0946. The van der Waals surface area contributed by atoms with E-state index >= 15 is 0 Å². The summed E-state index contributed by atoms with van der Waals surface area (Å²) in [5, 5.41) is 8.53. The normalized spacial score (nSPS) is 10.3. The van der Waals surface area contributed by atoms with Crippen LogP contribution in [0, 0.1) is 0 Å². The van der Waals surface area contributed by atoms with E-state index in [0.29, 0.717) is 42.3 Å². The van der Waals surface area contributed by atoms with Crippen molar-refractivity contribution >= 4 is 50.8 Å². The zero-order chi connectivity index (χ0) is 22.6. The van der Waals surface area contributed by atoms with E-state index in [-0.39, 0.29) is 11.0 Å². The van der Waals surface area contributed by atoms with E-state index in [9.17, 15) is 9.59 Å². The zero-order valence-corrected chi connectivity index (χ0v) is 19.9. The molecule has 2 rings (SSSR count). The van der Waals surface area contributed by atoms with Crippen LogP contribution >= 0.6 is 28.1 Å². The highest BCUT2D eigenvalue weighted by molar-refractivity contribution is 9.10. The molecular weight excluding hydrogens is 482 g/mol. The van der Waals surface area contributed by atoms with Gasteiger partial charge in [0.25, 0.3) is 11.8 Å². The molecule has 0 aliphatic carbocycles. The van der Waals surface area contributed by atoms with Crippen LogP contribution in [0.2, 0.25) is 0 Å². The van der Waals surface area contributed by atoms with Crippen LogP contribution in [-0.2, 0) is 4.74 Å². The molecule has 2 aromatic rings. The molecule has 9 heteroatoms.